The van der Waals surface area contributed by atoms with E-state index in [4.69, 9.17) is 0 Å². The summed E-state index contributed by atoms with van der Waals surface area (Å²) in [5, 5.41) is 3.50. The Kier molecular flexibility index (Phi) is 2.87. The van der Waals surface area contributed by atoms with E-state index in [-0.39, 0.29) is 0 Å². The first-order chi connectivity index (χ1) is 6.83. The molecule has 1 aliphatic heterocycles. The first-order valence-corrected chi connectivity index (χ1v) is 5.59. The number of imidazole rings is 1. The second-order valence-corrected chi connectivity index (χ2v) is 4.10. The molecule has 2 rings (SSSR count). The number of rotatable bonds is 3. The predicted molar refractivity (Wildman–Crippen MR) is 57.2 cm³/mol. The van der Waals surface area contributed by atoms with Gasteiger partial charge in [-0.2, -0.15) is 0 Å². The molecule has 78 valence electrons. The molecule has 0 aromatic carbocycles. The van der Waals surface area contributed by atoms with E-state index < -0.39 is 0 Å². The van der Waals surface area contributed by atoms with E-state index in [2.05, 4.69) is 34.9 Å². The summed E-state index contributed by atoms with van der Waals surface area (Å²) in [6.07, 6.45) is 7.69. The molecule has 0 aliphatic carbocycles. The van der Waals surface area contributed by atoms with E-state index in [9.17, 15) is 0 Å². The van der Waals surface area contributed by atoms with Crippen molar-refractivity contribution < 1.29 is 0 Å². The maximum absolute atomic E-state index is 4.47. The van der Waals surface area contributed by atoms with Crippen LogP contribution in [-0.4, -0.2) is 16.1 Å². The van der Waals surface area contributed by atoms with Crippen LogP contribution >= 0.6 is 0 Å². The molecule has 1 aliphatic rings. The van der Waals surface area contributed by atoms with Crippen molar-refractivity contribution in [3.63, 3.8) is 0 Å². The lowest BCUT2D eigenvalue weighted by Gasteiger charge is -2.18. The summed E-state index contributed by atoms with van der Waals surface area (Å²) >= 11 is 0. The minimum atomic E-state index is 0.485. The van der Waals surface area contributed by atoms with Crippen molar-refractivity contribution in [1.82, 2.24) is 14.9 Å². The van der Waals surface area contributed by atoms with Gasteiger partial charge in [0, 0.05) is 18.4 Å². The topological polar surface area (TPSA) is 29.9 Å². The van der Waals surface area contributed by atoms with Crippen molar-refractivity contribution in [2.24, 2.45) is 0 Å². The monoisotopic (exact) mass is 193 g/mol. The van der Waals surface area contributed by atoms with Gasteiger partial charge in [-0.3, -0.25) is 0 Å². The minimum absolute atomic E-state index is 0.485. The predicted octanol–water partition coefficient (Wildman–Crippen LogP) is 2.28. The fourth-order valence-electron chi connectivity index (χ4n) is 2.07. The third kappa shape index (κ3) is 1.69. The van der Waals surface area contributed by atoms with E-state index in [1.807, 2.05) is 6.20 Å². The van der Waals surface area contributed by atoms with E-state index in [0.29, 0.717) is 12.1 Å². The molecule has 1 aromatic heterocycles. The average Bonchev–Trinajstić information content (AvgIpc) is 2.85. The summed E-state index contributed by atoms with van der Waals surface area (Å²) in [7, 11) is 0. The zero-order valence-corrected chi connectivity index (χ0v) is 9.03. The highest BCUT2D eigenvalue weighted by atomic mass is 15.1. The minimum Gasteiger partial charge on any atom is -0.331 e. The smallest absolute Gasteiger partial charge is 0.126 e. The van der Waals surface area contributed by atoms with Gasteiger partial charge in [0.25, 0.3) is 0 Å². The largest absolute Gasteiger partial charge is 0.331 e. The Bertz CT molecular complexity index is 286. The van der Waals surface area contributed by atoms with Gasteiger partial charge in [-0.25, -0.2) is 4.98 Å². The Morgan fingerprint density at radius 1 is 1.71 bits per heavy atom. The van der Waals surface area contributed by atoms with Crippen molar-refractivity contribution in [2.75, 3.05) is 6.54 Å². The lowest BCUT2D eigenvalue weighted by atomic mass is 10.2. The van der Waals surface area contributed by atoms with Crippen LogP contribution < -0.4 is 5.32 Å². The van der Waals surface area contributed by atoms with E-state index in [1.54, 1.807) is 0 Å². The van der Waals surface area contributed by atoms with E-state index in [0.717, 1.165) is 13.0 Å². The van der Waals surface area contributed by atoms with E-state index >= 15 is 0 Å². The number of hydrogen-bond donors (Lipinski definition) is 1. The fourth-order valence-corrected chi connectivity index (χ4v) is 2.07. The molecule has 0 amide bonds. The van der Waals surface area contributed by atoms with Gasteiger partial charge in [0.1, 0.15) is 5.82 Å². The molecule has 3 nitrogen and oxygen atoms in total. The second-order valence-electron chi connectivity index (χ2n) is 4.10. The van der Waals surface area contributed by atoms with Crippen LogP contribution in [-0.2, 0) is 0 Å². The van der Waals surface area contributed by atoms with Crippen LogP contribution in [0, 0.1) is 0 Å². The Morgan fingerprint density at radius 2 is 2.57 bits per heavy atom. The lowest BCUT2D eigenvalue weighted by Crippen LogP contribution is -2.19. The maximum Gasteiger partial charge on any atom is 0.126 e. The molecule has 2 unspecified atom stereocenters. The Balaban J connectivity index is 2.19. The summed E-state index contributed by atoms with van der Waals surface area (Å²) in [5.74, 6) is 1.22. The third-order valence-corrected chi connectivity index (χ3v) is 3.14. The Labute approximate surface area is 85.5 Å². The number of aromatic nitrogens is 2. The first kappa shape index (κ1) is 9.71. The SMILES string of the molecule is CCC(C)n1ccnc1C1CCCN1. The second kappa shape index (κ2) is 4.13. The van der Waals surface area contributed by atoms with Gasteiger partial charge in [-0.1, -0.05) is 6.92 Å². The molecule has 2 heterocycles. The van der Waals surface area contributed by atoms with Gasteiger partial charge in [-0.05, 0) is 32.7 Å². The molecule has 2 atom stereocenters. The normalized spacial score (nSPS) is 24.0. The Morgan fingerprint density at radius 3 is 3.21 bits per heavy atom. The van der Waals surface area contributed by atoms with Crippen molar-refractivity contribution >= 4 is 0 Å². The van der Waals surface area contributed by atoms with E-state index in [1.165, 1.54) is 18.7 Å². The molecule has 1 aromatic rings. The van der Waals surface area contributed by atoms with Gasteiger partial charge in [0.2, 0.25) is 0 Å². The highest BCUT2D eigenvalue weighted by Gasteiger charge is 2.21. The lowest BCUT2D eigenvalue weighted by molar-refractivity contribution is 0.471. The summed E-state index contributed by atoms with van der Waals surface area (Å²) in [6, 6.07) is 1.05. The average molecular weight is 193 g/mol. The molecule has 1 N–H and O–H groups in total. The highest BCUT2D eigenvalue weighted by molar-refractivity contribution is 5.02. The molecule has 1 fully saturated rings. The van der Waals surface area contributed by atoms with Crippen molar-refractivity contribution in [3.05, 3.63) is 18.2 Å². The van der Waals surface area contributed by atoms with Crippen molar-refractivity contribution in [2.45, 2.75) is 45.2 Å². The van der Waals surface area contributed by atoms with Crippen LogP contribution in [0.25, 0.3) is 0 Å². The van der Waals surface area contributed by atoms with Crippen molar-refractivity contribution in [1.29, 1.82) is 0 Å². The molecule has 1 saturated heterocycles. The molecule has 3 heteroatoms. The molecule has 0 saturated carbocycles. The van der Waals surface area contributed by atoms with Crippen LogP contribution in [0.15, 0.2) is 12.4 Å². The van der Waals surface area contributed by atoms with Crippen molar-refractivity contribution in [3.8, 4) is 0 Å². The quantitative estimate of drug-likeness (QED) is 0.798. The summed E-state index contributed by atoms with van der Waals surface area (Å²) < 4.78 is 2.31. The molecular weight excluding hydrogens is 174 g/mol. The summed E-state index contributed by atoms with van der Waals surface area (Å²) in [6.45, 7) is 5.61. The number of hydrogen-bond acceptors (Lipinski definition) is 2. The first-order valence-electron chi connectivity index (χ1n) is 5.59. The van der Waals surface area contributed by atoms with Crippen LogP contribution in [0.3, 0.4) is 0 Å². The molecular formula is C11H19N3. The highest BCUT2D eigenvalue weighted by Crippen LogP contribution is 2.24. The zero-order valence-electron chi connectivity index (χ0n) is 9.03. The van der Waals surface area contributed by atoms with Gasteiger partial charge < -0.3 is 9.88 Å². The summed E-state index contributed by atoms with van der Waals surface area (Å²) in [5.41, 5.74) is 0. The van der Waals surface area contributed by atoms with Gasteiger partial charge in [0.05, 0.1) is 6.04 Å². The third-order valence-electron chi connectivity index (χ3n) is 3.14. The van der Waals surface area contributed by atoms with Crippen LogP contribution in [0.1, 0.15) is 51.0 Å². The molecule has 0 radical (unpaired) electrons. The fraction of sp³-hybridized carbons (Fsp3) is 0.727. The van der Waals surface area contributed by atoms with Gasteiger partial charge >= 0.3 is 0 Å². The van der Waals surface area contributed by atoms with Gasteiger partial charge in [0.15, 0.2) is 0 Å². The standard InChI is InChI=1S/C11H19N3/c1-3-9(2)14-8-7-13-11(14)10-5-4-6-12-10/h7-10,12H,3-6H2,1-2H3. The maximum atomic E-state index is 4.47. The van der Waals surface area contributed by atoms with Crippen LogP contribution in [0.2, 0.25) is 0 Å². The zero-order chi connectivity index (χ0) is 9.97. The number of nitrogens with one attached hydrogen (secondary N) is 1. The van der Waals surface area contributed by atoms with Crippen LogP contribution in [0.5, 0.6) is 0 Å². The molecule has 0 bridgehead atoms. The number of nitrogens with zero attached hydrogens (tertiary/aromatic N) is 2. The van der Waals surface area contributed by atoms with Gasteiger partial charge in [-0.15, -0.1) is 0 Å². The molecule has 0 spiro atoms. The van der Waals surface area contributed by atoms with Crippen LogP contribution in [0.4, 0.5) is 0 Å². The Hall–Kier alpha value is -0.830. The summed E-state index contributed by atoms with van der Waals surface area (Å²) in [4.78, 5) is 4.47. The molecule has 14 heavy (non-hydrogen) atoms.